The first-order chi connectivity index (χ1) is 13.4. The highest BCUT2D eigenvalue weighted by Crippen LogP contribution is 2.18. The van der Waals surface area contributed by atoms with E-state index in [4.69, 9.17) is 0 Å². The summed E-state index contributed by atoms with van der Waals surface area (Å²) in [5, 5.41) is 0. The van der Waals surface area contributed by atoms with Gasteiger partial charge >= 0.3 is 0 Å². The van der Waals surface area contributed by atoms with Crippen LogP contribution in [0, 0.1) is 6.92 Å². The minimum absolute atomic E-state index is 0.0332. The molecule has 0 unspecified atom stereocenters. The summed E-state index contributed by atoms with van der Waals surface area (Å²) in [5.41, 5.74) is 2.18. The van der Waals surface area contributed by atoms with Crippen molar-refractivity contribution in [3.63, 3.8) is 0 Å². The first kappa shape index (κ1) is 20.5. The minimum Gasteiger partial charge on any atom is -0.339 e. The normalized spacial score (nSPS) is 15.8. The van der Waals surface area contributed by atoms with E-state index in [2.05, 4.69) is 0 Å². The van der Waals surface area contributed by atoms with Gasteiger partial charge in [-0.1, -0.05) is 48.0 Å². The van der Waals surface area contributed by atoms with Gasteiger partial charge in [-0.3, -0.25) is 9.69 Å². The lowest BCUT2D eigenvalue weighted by atomic mass is 10.2. The van der Waals surface area contributed by atoms with Crippen LogP contribution in [0.25, 0.3) is 0 Å². The van der Waals surface area contributed by atoms with Crippen molar-refractivity contribution in [3.05, 3.63) is 65.7 Å². The SMILES string of the molecule is Cc1ccc(S(=O)(=O)N2CCN(C(=O)CN(C)Cc3ccccc3)CC2)cc1. The van der Waals surface area contributed by atoms with Crippen LogP contribution in [0.2, 0.25) is 0 Å². The molecule has 7 heteroatoms. The number of rotatable bonds is 6. The molecule has 0 aliphatic carbocycles. The maximum atomic E-state index is 12.8. The highest BCUT2D eigenvalue weighted by Gasteiger charge is 2.30. The quantitative estimate of drug-likeness (QED) is 0.742. The number of hydrogen-bond acceptors (Lipinski definition) is 4. The molecule has 1 amide bonds. The Morgan fingerprint density at radius 3 is 2.18 bits per heavy atom. The molecule has 0 radical (unpaired) electrons. The molecule has 1 heterocycles. The lowest BCUT2D eigenvalue weighted by molar-refractivity contribution is -0.133. The molecular weight excluding hydrogens is 374 g/mol. The fourth-order valence-corrected chi connectivity index (χ4v) is 4.74. The molecule has 0 aromatic heterocycles. The zero-order valence-corrected chi connectivity index (χ0v) is 17.2. The molecule has 1 saturated heterocycles. The van der Waals surface area contributed by atoms with E-state index in [9.17, 15) is 13.2 Å². The highest BCUT2D eigenvalue weighted by atomic mass is 32.2. The molecular formula is C21H27N3O3S. The predicted molar refractivity (Wildman–Crippen MR) is 109 cm³/mol. The molecule has 150 valence electrons. The first-order valence-corrected chi connectivity index (χ1v) is 10.9. The topological polar surface area (TPSA) is 60.9 Å². The van der Waals surface area contributed by atoms with E-state index in [1.165, 1.54) is 4.31 Å². The summed E-state index contributed by atoms with van der Waals surface area (Å²) in [4.78, 5) is 16.6. The number of amides is 1. The second-order valence-electron chi connectivity index (χ2n) is 7.26. The molecule has 6 nitrogen and oxygen atoms in total. The second-order valence-corrected chi connectivity index (χ2v) is 9.19. The first-order valence-electron chi connectivity index (χ1n) is 9.43. The number of benzene rings is 2. The number of aryl methyl sites for hydroxylation is 1. The predicted octanol–water partition coefficient (Wildman–Crippen LogP) is 1.96. The maximum Gasteiger partial charge on any atom is 0.243 e. The molecule has 3 rings (SSSR count). The summed E-state index contributed by atoms with van der Waals surface area (Å²) in [6.45, 7) is 4.43. The highest BCUT2D eigenvalue weighted by molar-refractivity contribution is 7.89. The van der Waals surface area contributed by atoms with E-state index in [0.29, 0.717) is 44.2 Å². The van der Waals surface area contributed by atoms with Crippen LogP contribution in [-0.4, -0.2) is 68.2 Å². The van der Waals surface area contributed by atoms with Crippen molar-refractivity contribution in [2.24, 2.45) is 0 Å². The van der Waals surface area contributed by atoms with Crippen molar-refractivity contribution in [2.45, 2.75) is 18.4 Å². The number of hydrogen-bond donors (Lipinski definition) is 0. The van der Waals surface area contributed by atoms with Crippen LogP contribution in [0.5, 0.6) is 0 Å². The van der Waals surface area contributed by atoms with Crippen LogP contribution in [0.1, 0.15) is 11.1 Å². The van der Waals surface area contributed by atoms with E-state index in [-0.39, 0.29) is 5.91 Å². The van der Waals surface area contributed by atoms with Gasteiger partial charge in [0.05, 0.1) is 11.4 Å². The third-order valence-electron chi connectivity index (χ3n) is 4.95. The van der Waals surface area contributed by atoms with Crippen molar-refractivity contribution in [3.8, 4) is 0 Å². The molecule has 1 fully saturated rings. The monoisotopic (exact) mass is 401 g/mol. The Balaban J connectivity index is 1.53. The summed E-state index contributed by atoms with van der Waals surface area (Å²) >= 11 is 0. The standard InChI is InChI=1S/C21H27N3O3S/c1-18-8-10-20(11-9-18)28(26,27)24-14-12-23(13-15-24)21(25)17-22(2)16-19-6-4-3-5-7-19/h3-11H,12-17H2,1-2H3. The number of nitrogens with zero attached hydrogens (tertiary/aromatic N) is 3. The van der Waals surface area contributed by atoms with Gasteiger partial charge < -0.3 is 4.90 Å². The summed E-state index contributed by atoms with van der Waals surface area (Å²) in [5.74, 6) is 0.0332. The zero-order valence-electron chi connectivity index (χ0n) is 16.4. The number of likely N-dealkylation sites (N-methyl/N-ethyl adjacent to an activating group) is 1. The van der Waals surface area contributed by atoms with Gasteiger partial charge in [0.15, 0.2) is 0 Å². The largest absolute Gasteiger partial charge is 0.339 e. The molecule has 0 saturated carbocycles. The summed E-state index contributed by atoms with van der Waals surface area (Å²) in [6.07, 6.45) is 0. The van der Waals surface area contributed by atoms with Gasteiger partial charge in [0, 0.05) is 32.7 Å². The van der Waals surface area contributed by atoms with Gasteiger partial charge in [-0.2, -0.15) is 4.31 Å². The molecule has 1 aliphatic heterocycles. The van der Waals surface area contributed by atoms with Crippen LogP contribution < -0.4 is 0 Å². The molecule has 2 aromatic carbocycles. The second kappa shape index (κ2) is 8.86. The number of carbonyl (C=O) groups excluding carboxylic acids is 1. The van der Waals surface area contributed by atoms with Crippen LogP contribution in [0.15, 0.2) is 59.5 Å². The Labute approximate surface area is 167 Å². The Bertz CT molecular complexity index is 890. The van der Waals surface area contributed by atoms with Crippen molar-refractivity contribution in [1.82, 2.24) is 14.1 Å². The van der Waals surface area contributed by atoms with Gasteiger partial charge in [-0.05, 0) is 31.7 Å². The Hall–Kier alpha value is -2.22. The van der Waals surface area contributed by atoms with Crippen molar-refractivity contribution < 1.29 is 13.2 Å². The molecule has 0 N–H and O–H groups in total. The van der Waals surface area contributed by atoms with Gasteiger partial charge in [-0.15, -0.1) is 0 Å². The van der Waals surface area contributed by atoms with Crippen molar-refractivity contribution in [1.29, 1.82) is 0 Å². The average Bonchev–Trinajstić information content (AvgIpc) is 2.69. The third kappa shape index (κ3) is 4.98. The fourth-order valence-electron chi connectivity index (χ4n) is 3.32. The van der Waals surface area contributed by atoms with E-state index in [1.54, 1.807) is 29.2 Å². The minimum atomic E-state index is -3.51. The number of carbonyl (C=O) groups is 1. The maximum absolute atomic E-state index is 12.8. The van der Waals surface area contributed by atoms with Gasteiger partial charge in [0.1, 0.15) is 0 Å². The third-order valence-corrected chi connectivity index (χ3v) is 6.86. The Morgan fingerprint density at radius 2 is 1.57 bits per heavy atom. The smallest absolute Gasteiger partial charge is 0.243 e. The summed E-state index contributed by atoms with van der Waals surface area (Å²) in [6, 6.07) is 16.9. The Morgan fingerprint density at radius 1 is 0.964 bits per heavy atom. The zero-order chi connectivity index (χ0) is 20.1. The fraction of sp³-hybridized carbons (Fsp3) is 0.381. The summed E-state index contributed by atoms with van der Waals surface area (Å²) in [7, 11) is -1.59. The van der Waals surface area contributed by atoms with Crippen LogP contribution in [-0.2, 0) is 21.4 Å². The Kier molecular flexibility index (Phi) is 6.49. The van der Waals surface area contributed by atoms with E-state index >= 15 is 0 Å². The van der Waals surface area contributed by atoms with E-state index in [1.807, 2.05) is 49.2 Å². The lowest BCUT2D eigenvalue weighted by Gasteiger charge is -2.34. The molecule has 28 heavy (non-hydrogen) atoms. The van der Waals surface area contributed by atoms with Crippen LogP contribution >= 0.6 is 0 Å². The average molecular weight is 402 g/mol. The van der Waals surface area contributed by atoms with Gasteiger partial charge in [0.2, 0.25) is 15.9 Å². The van der Waals surface area contributed by atoms with E-state index < -0.39 is 10.0 Å². The molecule has 0 spiro atoms. The van der Waals surface area contributed by atoms with Crippen LogP contribution in [0.3, 0.4) is 0 Å². The van der Waals surface area contributed by atoms with Crippen molar-refractivity contribution >= 4 is 15.9 Å². The summed E-state index contributed by atoms with van der Waals surface area (Å²) < 4.78 is 27.0. The molecule has 0 bridgehead atoms. The number of sulfonamides is 1. The van der Waals surface area contributed by atoms with E-state index in [0.717, 1.165) is 11.1 Å². The lowest BCUT2D eigenvalue weighted by Crippen LogP contribution is -2.52. The molecule has 2 aromatic rings. The molecule has 0 atom stereocenters. The molecule has 1 aliphatic rings. The van der Waals surface area contributed by atoms with Crippen LogP contribution in [0.4, 0.5) is 0 Å². The van der Waals surface area contributed by atoms with Crippen molar-refractivity contribution in [2.75, 3.05) is 39.8 Å². The van der Waals surface area contributed by atoms with Gasteiger partial charge in [0.25, 0.3) is 0 Å². The number of piperazine rings is 1. The van der Waals surface area contributed by atoms with Gasteiger partial charge in [-0.25, -0.2) is 8.42 Å².